The Kier molecular flexibility index (Phi) is 4.76. The molecular weight excluding hydrogens is 327 g/mol. The standard InChI is InChI=1S/C17H24BFNO3P/c1-17(2,3)12-7-20(8-15(12)24-4)16(21)11-5-10-9-23-18(22)13(10)6-14(11)19/h5-6,12,15,22,24H,7-9H2,1-4H3. The second kappa shape index (κ2) is 6.40. The van der Waals surface area contributed by atoms with Crippen LogP contribution in [0.1, 0.15) is 36.7 Å². The summed E-state index contributed by atoms with van der Waals surface area (Å²) >= 11 is 0. The maximum absolute atomic E-state index is 14.4. The highest BCUT2D eigenvalue weighted by Gasteiger charge is 2.41. The Balaban J connectivity index is 1.85. The van der Waals surface area contributed by atoms with Crippen molar-refractivity contribution in [1.29, 1.82) is 0 Å². The largest absolute Gasteiger partial charge is 0.491 e. The number of fused-ring (bicyclic) bond motifs is 1. The fourth-order valence-corrected chi connectivity index (χ4v) is 5.13. The lowest BCUT2D eigenvalue weighted by molar-refractivity contribution is 0.0772. The third kappa shape index (κ3) is 3.12. The monoisotopic (exact) mass is 351 g/mol. The number of benzene rings is 1. The van der Waals surface area contributed by atoms with Crippen molar-refractivity contribution >= 4 is 27.1 Å². The molecule has 1 amide bonds. The molecule has 1 aromatic carbocycles. The average molecular weight is 351 g/mol. The van der Waals surface area contributed by atoms with Gasteiger partial charge in [-0.15, -0.1) is 8.58 Å². The molecule has 3 rings (SSSR count). The topological polar surface area (TPSA) is 49.8 Å². The number of hydrogen-bond donors (Lipinski definition) is 1. The molecule has 2 heterocycles. The first kappa shape index (κ1) is 17.8. The van der Waals surface area contributed by atoms with E-state index in [1.807, 2.05) is 0 Å². The highest BCUT2D eigenvalue weighted by Crippen LogP contribution is 2.41. The smallest absolute Gasteiger partial charge is 0.423 e. The Bertz CT molecular complexity index is 664. The maximum Gasteiger partial charge on any atom is 0.491 e. The second-order valence-electron chi connectivity index (χ2n) is 7.77. The fraction of sp³-hybridized carbons (Fsp3) is 0.588. The first-order chi connectivity index (χ1) is 11.2. The van der Waals surface area contributed by atoms with Gasteiger partial charge in [0.1, 0.15) is 5.82 Å². The van der Waals surface area contributed by atoms with Gasteiger partial charge in [0.2, 0.25) is 0 Å². The summed E-state index contributed by atoms with van der Waals surface area (Å²) in [6.45, 7) is 10.3. The van der Waals surface area contributed by atoms with Crippen LogP contribution >= 0.6 is 8.58 Å². The molecule has 0 saturated carbocycles. The normalized spacial score (nSPS) is 24.2. The second-order valence-corrected chi connectivity index (χ2v) is 9.09. The molecule has 0 radical (unpaired) electrons. The van der Waals surface area contributed by atoms with Crippen LogP contribution in [-0.2, 0) is 11.3 Å². The lowest BCUT2D eigenvalue weighted by Crippen LogP contribution is -2.33. The molecule has 0 aliphatic carbocycles. The van der Waals surface area contributed by atoms with Crippen LogP contribution in [0, 0.1) is 17.2 Å². The minimum Gasteiger partial charge on any atom is -0.423 e. The SMILES string of the molecule is CPC1CN(C(=O)c2cc3c(cc2F)B(O)OC3)CC1C(C)(C)C. The summed E-state index contributed by atoms with van der Waals surface area (Å²) in [6.07, 6.45) is 0. The van der Waals surface area contributed by atoms with Crippen LogP contribution in [0.4, 0.5) is 4.39 Å². The summed E-state index contributed by atoms with van der Waals surface area (Å²) in [7, 11) is -0.335. The van der Waals surface area contributed by atoms with E-state index in [1.165, 1.54) is 12.1 Å². The summed E-state index contributed by atoms with van der Waals surface area (Å²) in [6, 6.07) is 2.77. The minimum atomic E-state index is -1.10. The Morgan fingerprint density at radius 3 is 2.71 bits per heavy atom. The van der Waals surface area contributed by atoms with E-state index >= 15 is 0 Å². The van der Waals surface area contributed by atoms with E-state index in [0.717, 1.165) is 8.58 Å². The number of hydrogen-bond acceptors (Lipinski definition) is 3. The van der Waals surface area contributed by atoms with E-state index in [1.54, 1.807) is 4.90 Å². The van der Waals surface area contributed by atoms with E-state index in [0.29, 0.717) is 35.7 Å². The molecule has 7 heteroatoms. The molecular formula is C17H24BFNO3P. The van der Waals surface area contributed by atoms with Gasteiger partial charge in [-0.3, -0.25) is 4.79 Å². The van der Waals surface area contributed by atoms with Gasteiger partial charge in [-0.2, -0.15) is 0 Å². The summed E-state index contributed by atoms with van der Waals surface area (Å²) in [4.78, 5) is 14.7. The lowest BCUT2D eigenvalue weighted by Gasteiger charge is -2.30. The van der Waals surface area contributed by atoms with Crippen molar-refractivity contribution in [1.82, 2.24) is 4.90 Å². The Hall–Kier alpha value is -0.965. The maximum atomic E-state index is 14.4. The molecule has 0 spiro atoms. The molecule has 24 heavy (non-hydrogen) atoms. The molecule has 3 unspecified atom stereocenters. The van der Waals surface area contributed by atoms with Crippen LogP contribution in [0.25, 0.3) is 0 Å². The predicted molar refractivity (Wildman–Crippen MR) is 95.7 cm³/mol. The summed E-state index contributed by atoms with van der Waals surface area (Å²) in [5.41, 5.74) is 1.78. The molecule has 1 aromatic rings. The van der Waals surface area contributed by atoms with Crippen LogP contribution in [0.15, 0.2) is 12.1 Å². The Morgan fingerprint density at radius 2 is 2.12 bits per heavy atom. The third-order valence-corrected chi connectivity index (χ3v) is 6.54. The van der Waals surface area contributed by atoms with E-state index in [2.05, 4.69) is 27.4 Å². The zero-order valence-corrected chi connectivity index (χ0v) is 15.6. The van der Waals surface area contributed by atoms with Crippen LogP contribution in [-0.4, -0.2) is 48.4 Å². The van der Waals surface area contributed by atoms with Gasteiger partial charge in [-0.25, -0.2) is 4.39 Å². The van der Waals surface area contributed by atoms with Gasteiger partial charge in [-0.05, 0) is 46.8 Å². The van der Waals surface area contributed by atoms with Crippen LogP contribution in [0.2, 0.25) is 0 Å². The zero-order chi connectivity index (χ0) is 17.6. The van der Waals surface area contributed by atoms with E-state index in [4.69, 9.17) is 4.65 Å². The molecule has 1 fully saturated rings. The quantitative estimate of drug-likeness (QED) is 0.654. The van der Waals surface area contributed by atoms with Gasteiger partial charge in [0.05, 0.1) is 12.2 Å². The number of carbonyl (C=O) groups excluding carboxylic acids is 1. The summed E-state index contributed by atoms with van der Waals surface area (Å²) in [5.74, 6) is -0.419. The van der Waals surface area contributed by atoms with Crippen molar-refractivity contribution in [2.24, 2.45) is 11.3 Å². The molecule has 4 nitrogen and oxygen atoms in total. The Morgan fingerprint density at radius 1 is 1.42 bits per heavy atom. The number of nitrogens with zero attached hydrogens (tertiary/aromatic N) is 1. The van der Waals surface area contributed by atoms with Gasteiger partial charge in [0.15, 0.2) is 0 Å². The summed E-state index contributed by atoms with van der Waals surface area (Å²) < 4.78 is 19.5. The number of rotatable bonds is 2. The van der Waals surface area contributed by atoms with Crippen molar-refractivity contribution in [3.63, 3.8) is 0 Å². The van der Waals surface area contributed by atoms with E-state index in [-0.39, 0.29) is 23.5 Å². The molecule has 1 N–H and O–H groups in total. The van der Waals surface area contributed by atoms with E-state index < -0.39 is 12.9 Å². The van der Waals surface area contributed by atoms with Crippen LogP contribution < -0.4 is 5.46 Å². The molecule has 3 atom stereocenters. The van der Waals surface area contributed by atoms with Gasteiger partial charge >= 0.3 is 7.12 Å². The highest BCUT2D eigenvalue weighted by molar-refractivity contribution is 7.38. The van der Waals surface area contributed by atoms with Crippen molar-refractivity contribution in [3.05, 3.63) is 29.1 Å². The lowest BCUT2D eigenvalue weighted by atomic mass is 9.79. The third-order valence-electron chi connectivity index (χ3n) is 5.21. The number of amides is 1. The molecule has 1 saturated heterocycles. The highest BCUT2D eigenvalue weighted by atomic mass is 31.1. The van der Waals surface area contributed by atoms with Gasteiger partial charge in [0.25, 0.3) is 5.91 Å². The molecule has 130 valence electrons. The summed E-state index contributed by atoms with van der Waals surface area (Å²) in [5, 5.41) is 9.65. The molecule has 0 aromatic heterocycles. The fourth-order valence-electron chi connectivity index (χ4n) is 3.72. The Labute approximate surface area is 144 Å². The zero-order valence-electron chi connectivity index (χ0n) is 14.6. The van der Waals surface area contributed by atoms with Crippen LogP contribution in [0.3, 0.4) is 0 Å². The van der Waals surface area contributed by atoms with Gasteiger partial charge in [-0.1, -0.05) is 20.8 Å². The number of likely N-dealkylation sites (tertiary alicyclic amines) is 1. The minimum absolute atomic E-state index is 0.0826. The molecule has 0 bridgehead atoms. The first-order valence-corrected chi connectivity index (χ1v) is 9.88. The number of carbonyl (C=O) groups is 1. The van der Waals surface area contributed by atoms with Crippen molar-refractivity contribution in [3.8, 4) is 0 Å². The van der Waals surface area contributed by atoms with Crippen molar-refractivity contribution < 1.29 is 18.9 Å². The number of halogens is 1. The van der Waals surface area contributed by atoms with E-state index in [9.17, 15) is 14.2 Å². The average Bonchev–Trinajstić information content (AvgIpc) is 3.10. The molecule has 2 aliphatic rings. The van der Waals surface area contributed by atoms with Crippen molar-refractivity contribution in [2.45, 2.75) is 33.0 Å². The first-order valence-electron chi connectivity index (χ1n) is 8.31. The predicted octanol–water partition coefficient (Wildman–Crippen LogP) is 1.84. The van der Waals surface area contributed by atoms with Gasteiger partial charge in [0, 0.05) is 13.1 Å². The molecule has 2 aliphatic heterocycles. The van der Waals surface area contributed by atoms with Gasteiger partial charge < -0.3 is 14.6 Å². The van der Waals surface area contributed by atoms with Crippen LogP contribution in [0.5, 0.6) is 0 Å². The van der Waals surface area contributed by atoms with Crippen molar-refractivity contribution in [2.75, 3.05) is 19.8 Å².